The van der Waals surface area contributed by atoms with Crippen LogP contribution in [0.15, 0.2) is 66.7 Å². The summed E-state index contributed by atoms with van der Waals surface area (Å²) in [6.07, 6.45) is 0.156. The second-order valence-electron chi connectivity index (χ2n) is 10.8. The van der Waals surface area contributed by atoms with Crippen LogP contribution in [-0.2, 0) is 20.9 Å². The highest BCUT2D eigenvalue weighted by atomic mass is 16.6. The average molecular weight is 540 g/mol. The molecule has 2 amide bonds. The number of hydrogen-bond acceptors (Lipinski definition) is 6. The highest BCUT2D eigenvalue weighted by Crippen LogP contribution is 2.34. The second-order valence-corrected chi connectivity index (χ2v) is 10.8. The van der Waals surface area contributed by atoms with E-state index < -0.39 is 11.7 Å². The Kier molecular flexibility index (Phi) is 8.54. The van der Waals surface area contributed by atoms with Crippen LogP contribution in [0.1, 0.15) is 55.6 Å². The van der Waals surface area contributed by atoms with Gasteiger partial charge in [-0.1, -0.05) is 42.5 Å². The van der Waals surface area contributed by atoms with E-state index in [1.165, 1.54) is 6.92 Å². The van der Waals surface area contributed by atoms with Gasteiger partial charge in [0.2, 0.25) is 0 Å². The van der Waals surface area contributed by atoms with Gasteiger partial charge in [-0.05, 0) is 79.3 Å². The van der Waals surface area contributed by atoms with E-state index in [1.807, 2.05) is 75.4 Å². The molecule has 1 heterocycles. The summed E-state index contributed by atoms with van der Waals surface area (Å²) in [5, 5.41) is 12.1. The van der Waals surface area contributed by atoms with Crippen LogP contribution < -0.4 is 5.32 Å². The molecular formula is C32H33N3O5. The maximum Gasteiger partial charge on any atom is 0.407 e. The van der Waals surface area contributed by atoms with E-state index in [1.54, 1.807) is 17.0 Å². The van der Waals surface area contributed by atoms with Gasteiger partial charge in [0.05, 0.1) is 17.7 Å². The van der Waals surface area contributed by atoms with Crippen LogP contribution in [0.2, 0.25) is 0 Å². The molecule has 0 unspecified atom stereocenters. The van der Waals surface area contributed by atoms with Crippen LogP contribution >= 0.6 is 0 Å². The number of benzene rings is 3. The summed E-state index contributed by atoms with van der Waals surface area (Å²) in [7, 11) is 0. The van der Waals surface area contributed by atoms with E-state index in [-0.39, 0.29) is 24.5 Å². The van der Waals surface area contributed by atoms with Gasteiger partial charge < -0.3 is 19.7 Å². The van der Waals surface area contributed by atoms with E-state index in [0.29, 0.717) is 30.6 Å². The minimum atomic E-state index is -0.593. The quantitative estimate of drug-likeness (QED) is 0.403. The molecule has 0 bridgehead atoms. The first kappa shape index (κ1) is 28.4. The summed E-state index contributed by atoms with van der Waals surface area (Å²) in [5.74, 6) is -0.455. The van der Waals surface area contributed by atoms with Gasteiger partial charge in [-0.25, -0.2) is 4.79 Å². The van der Waals surface area contributed by atoms with Crippen molar-refractivity contribution in [1.82, 2.24) is 10.2 Å². The lowest BCUT2D eigenvalue weighted by Crippen LogP contribution is -2.41. The van der Waals surface area contributed by atoms with Crippen LogP contribution in [0.3, 0.4) is 0 Å². The predicted octanol–water partition coefficient (Wildman–Crippen LogP) is 5.69. The van der Waals surface area contributed by atoms with Crippen molar-refractivity contribution in [1.29, 1.82) is 5.26 Å². The molecule has 8 heteroatoms. The summed E-state index contributed by atoms with van der Waals surface area (Å²) in [5.41, 5.74) is 4.95. The topological polar surface area (TPSA) is 109 Å². The normalized spacial score (nSPS) is 14.8. The van der Waals surface area contributed by atoms with Gasteiger partial charge in [-0.2, -0.15) is 5.26 Å². The van der Waals surface area contributed by atoms with Crippen molar-refractivity contribution in [2.45, 2.75) is 52.4 Å². The molecule has 40 heavy (non-hydrogen) atoms. The monoisotopic (exact) mass is 539 g/mol. The number of rotatable bonds is 6. The number of ether oxygens (including phenoxy) is 2. The number of carbonyl (C=O) groups excluding carboxylic acids is 3. The highest BCUT2D eigenvalue weighted by molar-refractivity contribution is 5.98. The number of amides is 2. The van der Waals surface area contributed by atoms with Crippen LogP contribution in [-0.4, -0.2) is 47.6 Å². The minimum absolute atomic E-state index is 0.119. The Balaban J connectivity index is 1.58. The Hall–Kier alpha value is -4.64. The molecule has 0 saturated carbocycles. The number of nitrogens with one attached hydrogen (secondary N) is 1. The SMILES string of the molecule is CC(=O)OCc1ccc(-c2ccc(C(=O)N3CC[C@H](NC(=O)OC(C)(C)C)C3)cc2-c2ccc(C#N)cc2)cc1. The number of nitriles is 1. The third-order valence-corrected chi connectivity index (χ3v) is 6.49. The zero-order valence-corrected chi connectivity index (χ0v) is 23.2. The van der Waals surface area contributed by atoms with Gasteiger partial charge >= 0.3 is 12.1 Å². The van der Waals surface area contributed by atoms with Gasteiger partial charge in [0, 0.05) is 25.6 Å². The molecule has 0 aliphatic carbocycles. The van der Waals surface area contributed by atoms with Crippen molar-refractivity contribution in [3.8, 4) is 28.3 Å². The van der Waals surface area contributed by atoms with E-state index in [4.69, 9.17) is 9.47 Å². The molecule has 1 saturated heterocycles. The molecule has 8 nitrogen and oxygen atoms in total. The van der Waals surface area contributed by atoms with E-state index in [9.17, 15) is 19.6 Å². The maximum absolute atomic E-state index is 13.5. The van der Waals surface area contributed by atoms with Crippen LogP contribution in [0, 0.1) is 11.3 Å². The first-order chi connectivity index (χ1) is 19.0. The number of likely N-dealkylation sites (tertiary alicyclic amines) is 1. The fraction of sp³-hybridized carbons (Fsp3) is 0.312. The zero-order valence-electron chi connectivity index (χ0n) is 23.2. The highest BCUT2D eigenvalue weighted by Gasteiger charge is 2.29. The number of alkyl carbamates (subject to hydrolysis) is 1. The zero-order chi connectivity index (χ0) is 28.9. The third-order valence-electron chi connectivity index (χ3n) is 6.49. The van der Waals surface area contributed by atoms with Gasteiger partial charge in [0.1, 0.15) is 12.2 Å². The maximum atomic E-state index is 13.5. The smallest absolute Gasteiger partial charge is 0.407 e. The summed E-state index contributed by atoms with van der Waals surface area (Å²) in [4.78, 5) is 38.6. The molecule has 1 aliphatic heterocycles. The average Bonchev–Trinajstić information content (AvgIpc) is 3.38. The molecule has 0 aromatic heterocycles. The number of esters is 1. The first-order valence-electron chi connectivity index (χ1n) is 13.2. The Morgan fingerprint density at radius 1 is 0.975 bits per heavy atom. The molecule has 1 fully saturated rings. The van der Waals surface area contributed by atoms with Gasteiger partial charge in [0.15, 0.2) is 0 Å². The summed E-state index contributed by atoms with van der Waals surface area (Å²) in [6.45, 7) is 7.93. The molecule has 3 aromatic rings. The van der Waals surface area contributed by atoms with E-state index in [0.717, 1.165) is 27.8 Å². The fourth-order valence-electron chi connectivity index (χ4n) is 4.58. The van der Waals surface area contributed by atoms with Crippen LogP contribution in [0.4, 0.5) is 4.79 Å². The molecule has 206 valence electrons. The van der Waals surface area contributed by atoms with E-state index >= 15 is 0 Å². The first-order valence-corrected chi connectivity index (χ1v) is 13.2. The minimum Gasteiger partial charge on any atom is -0.461 e. The molecule has 1 atom stereocenters. The van der Waals surface area contributed by atoms with Crippen LogP contribution in [0.25, 0.3) is 22.3 Å². The summed E-state index contributed by atoms with van der Waals surface area (Å²) >= 11 is 0. The standard InChI is InChI=1S/C32H33N3O5/c1-21(36)39-20-23-7-11-24(12-8-23)28-14-13-26(17-29(28)25-9-5-22(18-33)6-10-25)30(37)35-16-15-27(19-35)34-31(38)40-32(2,3)4/h5-14,17,27H,15-16,19-20H2,1-4H3,(H,34,38)/t27-/m0/s1. The van der Waals surface area contributed by atoms with Crippen molar-refractivity contribution in [2.24, 2.45) is 0 Å². The molecule has 4 rings (SSSR count). The Bertz CT molecular complexity index is 1430. The lowest BCUT2D eigenvalue weighted by molar-refractivity contribution is -0.142. The van der Waals surface area contributed by atoms with Crippen molar-refractivity contribution in [2.75, 3.05) is 13.1 Å². The van der Waals surface area contributed by atoms with E-state index in [2.05, 4.69) is 11.4 Å². The Morgan fingerprint density at radius 3 is 2.25 bits per heavy atom. The van der Waals surface area contributed by atoms with Gasteiger partial charge in [0.25, 0.3) is 5.91 Å². The second kappa shape index (κ2) is 12.0. The van der Waals surface area contributed by atoms with Crippen molar-refractivity contribution < 1.29 is 23.9 Å². The third kappa shape index (κ3) is 7.26. The Morgan fingerprint density at radius 2 is 1.62 bits per heavy atom. The molecular weight excluding hydrogens is 506 g/mol. The number of nitrogens with zero attached hydrogens (tertiary/aromatic N) is 2. The van der Waals surface area contributed by atoms with Gasteiger partial charge in [-0.15, -0.1) is 0 Å². The number of carbonyl (C=O) groups is 3. The lowest BCUT2D eigenvalue weighted by atomic mass is 9.91. The molecule has 0 spiro atoms. The predicted molar refractivity (Wildman–Crippen MR) is 151 cm³/mol. The molecule has 3 aromatic carbocycles. The van der Waals surface area contributed by atoms with Crippen molar-refractivity contribution in [3.63, 3.8) is 0 Å². The Labute approximate surface area is 234 Å². The van der Waals surface area contributed by atoms with Crippen molar-refractivity contribution in [3.05, 3.63) is 83.4 Å². The molecule has 1 N–H and O–H groups in total. The fourth-order valence-corrected chi connectivity index (χ4v) is 4.58. The molecule has 1 aliphatic rings. The summed E-state index contributed by atoms with van der Waals surface area (Å²) in [6, 6.07) is 22.5. The largest absolute Gasteiger partial charge is 0.461 e. The van der Waals surface area contributed by atoms with Crippen LogP contribution in [0.5, 0.6) is 0 Å². The summed E-state index contributed by atoms with van der Waals surface area (Å²) < 4.78 is 10.4. The lowest BCUT2D eigenvalue weighted by Gasteiger charge is -2.22. The van der Waals surface area contributed by atoms with Crippen molar-refractivity contribution >= 4 is 18.0 Å². The molecule has 0 radical (unpaired) electrons. The number of hydrogen-bond donors (Lipinski definition) is 1. The van der Waals surface area contributed by atoms with Gasteiger partial charge in [-0.3, -0.25) is 9.59 Å².